The van der Waals surface area contributed by atoms with Crippen LogP contribution in [0.15, 0.2) is 40.4 Å². The van der Waals surface area contributed by atoms with Crippen LogP contribution in [0.5, 0.6) is 0 Å². The maximum absolute atomic E-state index is 12.6. The third-order valence-electron chi connectivity index (χ3n) is 3.26. The number of nitrogens with one attached hydrogen (secondary N) is 1. The van der Waals surface area contributed by atoms with Crippen molar-refractivity contribution in [2.75, 3.05) is 5.32 Å². The smallest absolute Gasteiger partial charge is 0.275 e. The minimum Gasteiger partial charge on any atom is -0.320 e. The molecule has 0 saturated heterocycles. The molecule has 4 nitrogen and oxygen atoms in total. The number of fused-ring (bicyclic) bond motifs is 1. The van der Waals surface area contributed by atoms with Crippen molar-refractivity contribution in [3.05, 3.63) is 51.0 Å². The summed E-state index contributed by atoms with van der Waals surface area (Å²) in [4.78, 5) is 22.2. The van der Waals surface area contributed by atoms with Crippen LogP contribution in [-0.2, 0) is 0 Å². The number of amides is 1. The first kappa shape index (κ1) is 15.1. The summed E-state index contributed by atoms with van der Waals surface area (Å²) in [5, 5.41) is 3.87. The molecular formula is C16H14BrN3OS. The topological polar surface area (TPSA) is 54.9 Å². The van der Waals surface area contributed by atoms with Gasteiger partial charge in [-0.05, 0) is 46.1 Å². The minimum absolute atomic E-state index is 0.193. The van der Waals surface area contributed by atoms with Crippen LogP contribution in [0.1, 0.15) is 35.1 Å². The quantitative estimate of drug-likeness (QED) is 0.712. The molecule has 0 fully saturated rings. The Hall–Kier alpha value is -1.79. The van der Waals surface area contributed by atoms with Gasteiger partial charge >= 0.3 is 0 Å². The lowest BCUT2D eigenvalue weighted by atomic mass is 10.1. The van der Waals surface area contributed by atoms with Crippen LogP contribution in [0.4, 0.5) is 5.69 Å². The zero-order valence-electron chi connectivity index (χ0n) is 12.1. The Balaban J connectivity index is 1.97. The summed E-state index contributed by atoms with van der Waals surface area (Å²) in [6, 6.07) is 9.48. The van der Waals surface area contributed by atoms with Gasteiger partial charge in [0.1, 0.15) is 5.69 Å². The SMILES string of the molecule is CC(C)c1sc(Br)nc1C(=O)Nc1cccc2ncccc12. The number of nitrogens with zero attached hydrogens (tertiary/aromatic N) is 2. The van der Waals surface area contributed by atoms with E-state index in [9.17, 15) is 4.79 Å². The maximum atomic E-state index is 12.6. The van der Waals surface area contributed by atoms with Crippen LogP contribution in [0.3, 0.4) is 0 Å². The van der Waals surface area contributed by atoms with Crippen molar-refractivity contribution < 1.29 is 4.79 Å². The van der Waals surface area contributed by atoms with E-state index in [-0.39, 0.29) is 11.8 Å². The van der Waals surface area contributed by atoms with Crippen LogP contribution in [0, 0.1) is 0 Å². The van der Waals surface area contributed by atoms with E-state index in [4.69, 9.17) is 0 Å². The average molecular weight is 376 g/mol. The molecule has 0 bridgehead atoms. The summed E-state index contributed by atoms with van der Waals surface area (Å²) in [6.07, 6.45) is 1.74. The second-order valence-corrected chi connectivity index (χ2v) is 7.47. The van der Waals surface area contributed by atoms with E-state index >= 15 is 0 Å². The fraction of sp³-hybridized carbons (Fsp3) is 0.188. The Labute approximate surface area is 140 Å². The highest BCUT2D eigenvalue weighted by Gasteiger charge is 2.20. The second-order valence-electron chi connectivity index (χ2n) is 5.16. The predicted molar refractivity (Wildman–Crippen MR) is 93.6 cm³/mol. The standard InChI is InChI=1S/C16H14BrN3OS/c1-9(2)14-13(20-16(17)22-14)15(21)19-12-7-3-6-11-10(12)5-4-8-18-11/h3-9H,1-2H3,(H,19,21). The highest BCUT2D eigenvalue weighted by molar-refractivity contribution is 9.11. The van der Waals surface area contributed by atoms with Gasteiger partial charge in [0.05, 0.1) is 11.2 Å². The van der Waals surface area contributed by atoms with Crippen molar-refractivity contribution >= 4 is 49.8 Å². The number of hydrogen-bond acceptors (Lipinski definition) is 4. The zero-order valence-corrected chi connectivity index (χ0v) is 14.5. The first-order chi connectivity index (χ1) is 10.6. The van der Waals surface area contributed by atoms with Gasteiger partial charge in [0.25, 0.3) is 5.91 Å². The van der Waals surface area contributed by atoms with E-state index in [1.165, 1.54) is 11.3 Å². The molecule has 3 rings (SSSR count). The number of rotatable bonds is 3. The Morgan fingerprint density at radius 3 is 2.86 bits per heavy atom. The van der Waals surface area contributed by atoms with E-state index < -0.39 is 0 Å². The van der Waals surface area contributed by atoms with Gasteiger partial charge in [-0.2, -0.15) is 0 Å². The highest BCUT2D eigenvalue weighted by Crippen LogP contribution is 2.31. The molecule has 112 valence electrons. The molecule has 0 radical (unpaired) electrons. The first-order valence-corrected chi connectivity index (χ1v) is 8.48. The maximum Gasteiger partial charge on any atom is 0.275 e. The molecule has 0 aliphatic rings. The number of carbonyl (C=O) groups excluding carboxylic acids is 1. The number of aromatic nitrogens is 2. The lowest BCUT2D eigenvalue weighted by Crippen LogP contribution is -2.15. The lowest BCUT2D eigenvalue weighted by molar-refractivity contribution is 0.102. The summed E-state index contributed by atoms with van der Waals surface area (Å²) in [5.41, 5.74) is 2.08. The van der Waals surface area contributed by atoms with Crippen LogP contribution >= 0.6 is 27.3 Å². The van der Waals surface area contributed by atoms with E-state index in [0.29, 0.717) is 5.69 Å². The van der Waals surface area contributed by atoms with E-state index in [1.54, 1.807) is 6.20 Å². The Kier molecular flexibility index (Phi) is 4.22. The molecule has 0 spiro atoms. The number of pyridine rings is 1. The number of benzene rings is 1. The van der Waals surface area contributed by atoms with Gasteiger partial charge < -0.3 is 5.32 Å². The van der Waals surface area contributed by atoms with Crippen LogP contribution < -0.4 is 5.32 Å². The minimum atomic E-state index is -0.193. The van der Waals surface area contributed by atoms with Crippen molar-refractivity contribution in [3.8, 4) is 0 Å². The highest BCUT2D eigenvalue weighted by atomic mass is 79.9. The Bertz CT molecular complexity index is 839. The van der Waals surface area contributed by atoms with Crippen molar-refractivity contribution in [1.29, 1.82) is 0 Å². The number of hydrogen-bond donors (Lipinski definition) is 1. The number of anilines is 1. The first-order valence-electron chi connectivity index (χ1n) is 6.87. The average Bonchev–Trinajstić information content (AvgIpc) is 2.90. The van der Waals surface area contributed by atoms with E-state index in [1.807, 2.05) is 30.3 Å². The fourth-order valence-electron chi connectivity index (χ4n) is 2.25. The molecule has 0 unspecified atom stereocenters. The van der Waals surface area contributed by atoms with E-state index in [2.05, 4.69) is 45.1 Å². The third-order valence-corrected chi connectivity index (χ3v) is 5.07. The summed E-state index contributed by atoms with van der Waals surface area (Å²) in [6.45, 7) is 4.11. The Morgan fingerprint density at radius 1 is 1.27 bits per heavy atom. The Morgan fingerprint density at radius 2 is 2.09 bits per heavy atom. The molecule has 3 aromatic rings. The normalized spacial score (nSPS) is 11.1. The third kappa shape index (κ3) is 2.89. The molecule has 1 aromatic carbocycles. The summed E-state index contributed by atoms with van der Waals surface area (Å²) < 4.78 is 0.723. The monoisotopic (exact) mass is 375 g/mol. The largest absolute Gasteiger partial charge is 0.320 e. The fourth-order valence-corrected chi connectivity index (χ4v) is 3.74. The number of carbonyl (C=O) groups is 1. The van der Waals surface area contributed by atoms with Crippen LogP contribution in [0.25, 0.3) is 10.9 Å². The van der Waals surface area contributed by atoms with Crippen LogP contribution in [0.2, 0.25) is 0 Å². The van der Waals surface area contributed by atoms with Crippen molar-refractivity contribution in [2.24, 2.45) is 0 Å². The summed E-state index contributed by atoms with van der Waals surface area (Å²) in [5.74, 6) is 0.0562. The summed E-state index contributed by atoms with van der Waals surface area (Å²) >= 11 is 4.86. The van der Waals surface area contributed by atoms with Crippen molar-refractivity contribution in [1.82, 2.24) is 9.97 Å². The molecule has 2 heterocycles. The summed E-state index contributed by atoms with van der Waals surface area (Å²) in [7, 11) is 0. The van der Waals surface area contributed by atoms with Crippen molar-refractivity contribution in [2.45, 2.75) is 19.8 Å². The van der Waals surface area contributed by atoms with E-state index in [0.717, 1.165) is 25.4 Å². The predicted octanol–water partition coefficient (Wildman–Crippen LogP) is 4.83. The molecule has 1 amide bonds. The van der Waals surface area contributed by atoms with Gasteiger partial charge in [0.15, 0.2) is 3.92 Å². The van der Waals surface area contributed by atoms with Gasteiger partial charge in [-0.3, -0.25) is 9.78 Å². The molecule has 22 heavy (non-hydrogen) atoms. The van der Waals surface area contributed by atoms with Crippen molar-refractivity contribution in [3.63, 3.8) is 0 Å². The zero-order chi connectivity index (χ0) is 15.7. The second kappa shape index (κ2) is 6.14. The molecule has 1 N–H and O–H groups in total. The molecule has 0 atom stereocenters. The number of halogens is 1. The van der Waals surface area contributed by atoms with Gasteiger partial charge in [0, 0.05) is 16.5 Å². The van der Waals surface area contributed by atoms with Gasteiger partial charge in [-0.25, -0.2) is 4.98 Å². The lowest BCUT2D eigenvalue weighted by Gasteiger charge is -2.09. The van der Waals surface area contributed by atoms with Crippen LogP contribution in [-0.4, -0.2) is 15.9 Å². The van der Waals surface area contributed by atoms with Gasteiger partial charge in [-0.1, -0.05) is 19.9 Å². The molecule has 6 heteroatoms. The molecular weight excluding hydrogens is 362 g/mol. The molecule has 2 aromatic heterocycles. The van der Waals surface area contributed by atoms with Gasteiger partial charge in [0.2, 0.25) is 0 Å². The number of thiazole rings is 1. The molecule has 0 aliphatic heterocycles. The van der Waals surface area contributed by atoms with Gasteiger partial charge in [-0.15, -0.1) is 11.3 Å². The molecule has 0 aliphatic carbocycles. The molecule has 0 saturated carbocycles.